The molecule has 0 atom stereocenters. The second kappa shape index (κ2) is 7.01. The van der Waals surface area contributed by atoms with Gasteiger partial charge in [0.15, 0.2) is 0 Å². The fourth-order valence-corrected chi connectivity index (χ4v) is 2.41. The lowest BCUT2D eigenvalue weighted by atomic mass is 10.2. The molecule has 0 spiro atoms. The van der Waals surface area contributed by atoms with Crippen LogP contribution in [0.1, 0.15) is 16.7 Å². The van der Waals surface area contributed by atoms with Gasteiger partial charge in [-0.2, -0.15) is 0 Å². The summed E-state index contributed by atoms with van der Waals surface area (Å²) in [4.78, 5) is 0. The molecule has 0 heterocycles. The zero-order valence-corrected chi connectivity index (χ0v) is 13.5. The molecular weight excluding hydrogens is 284 g/mol. The third-order valence-corrected chi connectivity index (χ3v) is 3.50. The molecule has 2 nitrogen and oxygen atoms in total. The summed E-state index contributed by atoms with van der Waals surface area (Å²) in [6, 6.07) is 24.1. The Morgan fingerprint density at radius 2 is 1.39 bits per heavy atom. The monoisotopic (exact) mass is 304 g/mol. The van der Waals surface area contributed by atoms with Crippen LogP contribution in [0.2, 0.25) is 0 Å². The molecule has 116 valence electrons. The van der Waals surface area contributed by atoms with Crippen LogP contribution in [0.5, 0.6) is 17.2 Å². The Kier molecular flexibility index (Phi) is 4.62. The molecule has 0 saturated carbocycles. The molecule has 3 rings (SSSR count). The number of hydrogen-bond donors (Lipinski definition) is 0. The van der Waals surface area contributed by atoms with Crippen molar-refractivity contribution in [1.29, 1.82) is 0 Å². The fraction of sp³-hybridized carbons (Fsp3) is 0.143. The minimum absolute atomic E-state index is 0.550. The maximum Gasteiger partial charge on any atom is 0.131 e. The van der Waals surface area contributed by atoms with Crippen LogP contribution < -0.4 is 9.47 Å². The lowest BCUT2D eigenvalue weighted by molar-refractivity contribution is 0.304. The molecule has 0 aromatic heterocycles. The first kappa shape index (κ1) is 15.2. The van der Waals surface area contributed by atoms with Gasteiger partial charge in [-0.15, -0.1) is 0 Å². The van der Waals surface area contributed by atoms with Gasteiger partial charge in [-0.1, -0.05) is 42.5 Å². The Morgan fingerprint density at radius 1 is 0.652 bits per heavy atom. The Labute approximate surface area is 137 Å². The van der Waals surface area contributed by atoms with E-state index in [9.17, 15) is 0 Å². The van der Waals surface area contributed by atoms with Gasteiger partial charge in [-0.3, -0.25) is 0 Å². The predicted molar refractivity (Wildman–Crippen MR) is 93.2 cm³/mol. The molecule has 0 aliphatic rings. The number of aryl methyl sites for hydroxylation is 2. The van der Waals surface area contributed by atoms with Crippen LogP contribution in [0, 0.1) is 13.8 Å². The molecule has 0 amide bonds. The lowest BCUT2D eigenvalue weighted by Crippen LogP contribution is -1.96. The molecule has 0 aliphatic heterocycles. The molecular formula is C21H20O2. The smallest absolute Gasteiger partial charge is 0.131 e. The van der Waals surface area contributed by atoms with Gasteiger partial charge in [0.2, 0.25) is 0 Å². The van der Waals surface area contributed by atoms with Crippen molar-refractivity contribution in [3.63, 3.8) is 0 Å². The van der Waals surface area contributed by atoms with Gasteiger partial charge in [0.1, 0.15) is 23.9 Å². The van der Waals surface area contributed by atoms with Gasteiger partial charge in [0, 0.05) is 6.07 Å². The SMILES string of the molecule is Cc1cccc(Oc2cc(C)cc(OCc3ccccc3)c2)c1. The van der Waals surface area contributed by atoms with Crippen molar-refractivity contribution in [3.8, 4) is 17.2 Å². The molecule has 0 aliphatic carbocycles. The summed E-state index contributed by atoms with van der Waals surface area (Å²) in [5.74, 6) is 2.44. The molecule has 23 heavy (non-hydrogen) atoms. The van der Waals surface area contributed by atoms with Crippen molar-refractivity contribution in [2.24, 2.45) is 0 Å². The Balaban J connectivity index is 1.73. The van der Waals surface area contributed by atoms with Crippen LogP contribution in [-0.4, -0.2) is 0 Å². The van der Waals surface area contributed by atoms with E-state index in [0.29, 0.717) is 6.61 Å². The molecule has 3 aromatic rings. The Bertz CT molecular complexity index is 779. The summed E-state index contributed by atoms with van der Waals surface area (Å²) in [6.07, 6.45) is 0. The van der Waals surface area contributed by atoms with Crippen molar-refractivity contribution in [2.75, 3.05) is 0 Å². The standard InChI is InChI=1S/C21H20O2/c1-16-7-6-10-19(11-16)23-21-13-17(2)12-20(14-21)22-15-18-8-4-3-5-9-18/h3-14H,15H2,1-2H3. The molecule has 0 fully saturated rings. The zero-order chi connectivity index (χ0) is 16.1. The number of hydrogen-bond acceptors (Lipinski definition) is 2. The van der Waals surface area contributed by atoms with Crippen LogP contribution in [0.3, 0.4) is 0 Å². The Hall–Kier alpha value is -2.74. The molecule has 0 bridgehead atoms. The lowest BCUT2D eigenvalue weighted by Gasteiger charge is -2.11. The predicted octanol–water partition coefficient (Wildman–Crippen LogP) is 5.67. The van der Waals surface area contributed by atoms with Gasteiger partial charge in [-0.05, 0) is 54.8 Å². The van der Waals surface area contributed by atoms with E-state index < -0.39 is 0 Å². The molecule has 0 saturated heterocycles. The second-order valence-corrected chi connectivity index (χ2v) is 5.67. The quantitative estimate of drug-likeness (QED) is 0.604. The first-order valence-electron chi connectivity index (χ1n) is 7.72. The third-order valence-electron chi connectivity index (χ3n) is 3.50. The van der Waals surface area contributed by atoms with Crippen molar-refractivity contribution in [2.45, 2.75) is 20.5 Å². The summed E-state index contributed by atoms with van der Waals surface area (Å²) >= 11 is 0. The summed E-state index contributed by atoms with van der Waals surface area (Å²) in [5.41, 5.74) is 3.43. The third kappa shape index (κ3) is 4.36. The van der Waals surface area contributed by atoms with Crippen molar-refractivity contribution in [1.82, 2.24) is 0 Å². The fourth-order valence-electron chi connectivity index (χ4n) is 2.41. The van der Waals surface area contributed by atoms with Gasteiger partial charge < -0.3 is 9.47 Å². The van der Waals surface area contributed by atoms with Gasteiger partial charge in [0.05, 0.1) is 0 Å². The molecule has 3 aromatic carbocycles. The maximum absolute atomic E-state index is 5.95. The summed E-state index contributed by atoms with van der Waals surface area (Å²) in [7, 11) is 0. The second-order valence-electron chi connectivity index (χ2n) is 5.67. The van der Waals surface area contributed by atoms with Gasteiger partial charge in [0.25, 0.3) is 0 Å². The average Bonchev–Trinajstić information content (AvgIpc) is 2.53. The number of benzene rings is 3. The maximum atomic E-state index is 5.95. The van der Waals surface area contributed by atoms with Gasteiger partial charge >= 0.3 is 0 Å². The van der Waals surface area contributed by atoms with E-state index >= 15 is 0 Å². The van der Waals surface area contributed by atoms with E-state index in [1.165, 1.54) is 5.56 Å². The first-order valence-corrected chi connectivity index (χ1v) is 7.72. The largest absolute Gasteiger partial charge is 0.489 e. The highest BCUT2D eigenvalue weighted by Gasteiger charge is 2.03. The van der Waals surface area contributed by atoms with Crippen molar-refractivity contribution >= 4 is 0 Å². The van der Waals surface area contributed by atoms with E-state index in [-0.39, 0.29) is 0 Å². The zero-order valence-electron chi connectivity index (χ0n) is 13.5. The van der Waals surface area contributed by atoms with Crippen LogP contribution in [0.25, 0.3) is 0 Å². The topological polar surface area (TPSA) is 18.5 Å². The van der Waals surface area contributed by atoms with Crippen LogP contribution in [-0.2, 0) is 6.61 Å². The molecule has 0 radical (unpaired) electrons. The molecule has 2 heteroatoms. The van der Waals surface area contributed by atoms with E-state index in [2.05, 4.69) is 25.1 Å². The van der Waals surface area contributed by atoms with Crippen LogP contribution in [0.4, 0.5) is 0 Å². The molecule has 0 N–H and O–H groups in total. The minimum atomic E-state index is 0.550. The van der Waals surface area contributed by atoms with E-state index in [1.54, 1.807) is 0 Å². The van der Waals surface area contributed by atoms with E-state index in [0.717, 1.165) is 28.4 Å². The van der Waals surface area contributed by atoms with E-state index in [4.69, 9.17) is 9.47 Å². The van der Waals surface area contributed by atoms with E-state index in [1.807, 2.05) is 61.5 Å². The van der Waals surface area contributed by atoms with Crippen LogP contribution in [0.15, 0.2) is 72.8 Å². The van der Waals surface area contributed by atoms with Crippen molar-refractivity contribution in [3.05, 3.63) is 89.5 Å². The normalized spacial score (nSPS) is 10.3. The van der Waals surface area contributed by atoms with Gasteiger partial charge in [-0.25, -0.2) is 0 Å². The summed E-state index contributed by atoms with van der Waals surface area (Å²) in [5, 5.41) is 0. The highest BCUT2D eigenvalue weighted by Crippen LogP contribution is 2.28. The highest BCUT2D eigenvalue weighted by molar-refractivity contribution is 5.41. The first-order chi connectivity index (χ1) is 11.2. The number of ether oxygens (including phenoxy) is 2. The molecule has 0 unspecified atom stereocenters. The highest BCUT2D eigenvalue weighted by atomic mass is 16.5. The minimum Gasteiger partial charge on any atom is -0.489 e. The number of rotatable bonds is 5. The van der Waals surface area contributed by atoms with Crippen molar-refractivity contribution < 1.29 is 9.47 Å². The van der Waals surface area contributed by atoms with Crippen LogP contribution >= 0.6 is 0 Å². The average molecular weight is 304 g/mol. The Morgan fingerprint density at radius 3 is 2.17 bits per heavy atom. The summed E-state index contributed by atoms with van der Waals surface area (Å²) < 4.78 is 11.8. The summed E-state index contributed by atoms with van der Waals surface area (Å²) in [6.45, 7) is 4.64.